The fraction of sp³-hybridized carbons (Fsp3) is 0.308. The van der Waals surface area contributed by atoms with Gasteiger partial charge in [0, 0.05) is 28.8 Å². The molecule has 0 amide bonds. The SMILES string of the molecule is Cc1ncc(S(=O)(=O)NCc2cc(C#CCCO)cs2)[nH]1. The molecule has 0 aliphatic heterocycles. The number of hydrogen-bond donors (Lipinski definition) is 3. The van der Waals surface area contributed by atoms with Crippen LogP contribution < -0.4 is 4.72 Å². The lowest BCUT2D eigenvalue weighted by atomic mass is 10.3. The van der Waals surface area contributed by atoms with E-state index in [4.69, 9.17) is 5.11 Å². The first kappa shape index (κ1) is 15.7. The molecule has 0 fully saturated rings. The zero-order valence-electron chi connectivity index (χ0n) is 11.4. The molecule has 0 bridgehead atoms. The number of aromatic nitrogens is 2. The largest absolute Gasteiger partial charge is 0.395 e. The normalized spacial score (nSPS) is 11.1. The van der Waals surface area contributed by atoms with E-state index in [-0.39, 0.29) is 18.2 Å². The Kier molecular flexibility index (Phi) is 5.14. The Bertz CT molecular complexity index is 766. The highest BCUT2D eigenvalue weighted by molar-refractivity contribution is 7.89. The van der Waals surface area contributed by atoms with E-state index in [0.29, 0.717) is 12.2 Å². The van der Waals surface area contributed by atoms with E-state index < -0.39 is 10.0 Å². The molecule has 0 aliphatic rings. The van der Waals surface area contributed by atoms with Crippen LogP contribution in [-0.2, 0) is 16.6 Å². The second kappa shape index (κ2) is 6.87. The number of thiophene rings is 1. The number of aliphatic hydroxyl groups is 1. The van der Waals surface area contributed by atoms with Gasteiger partial charge in [0.1, 0.15) is 5.82 Å². The molecule has 6 nitrogen and oxygen atoms in total. The molecule has 2 aromatic heterocycles. The van der Waals surface area contributed by atoms with Crippen LogP contribution >= 0.6 is 11.3 Å². The Morgan fingerprint density at radius 2 is 2.33 bits per heavy atom. The highest BCUT2D eigenvalue weighted by Gasteiger charge is 2.16. The predicted octanol–water partition coefficient (Wildman–Crippen LogP) is 0.992. The van der Waals surface area contributed by atoms with Crippen molar-refractivity contribution in [2.45, 2.75) is 24.9 Å². The van der Waals surface area contributed by atoms with Gasteiger partial charge in [0.2, 0.25) is 0 Å². The number of rotatable bonds is 5. The van der Waals surface area contributed by atoms with E-state index >= 15 is 0 Å². The number of imidazole rings is 1. The maximum atomic E-state index is 12.0. The van der Waals surface area contributed by atoms with Crippen molar-refractivity contribution < 1.29 is 13.5 Å². The van der Waals surface area contributed by atoms with Gasteiger partial charge in [-0.25, -0.2) is 18.1 Å². The molecule has 2 aromatic rings. The van der Waals surface area contributed by atoms with Crippen molar-refractivity contribution >= 4 is 21.4 Å². The molecule has 0 aromatic carbocycles. The smallest absolute Gasteiger partial charge is 0.257 e. The number of nitrogens with one attached hydrogen (secondary N) is 2. The van der Waals surface area contributed by atoms with Gasteiger partial charge in [-0.3, -0.25) is 0 Å². The summed E-state index contributed by atoms with van der Waals surface area (Å²) in [5.41, 5.74) is 0.819. The summed E-state index contributed by atoms with van der Waals surface area (Å²) in [5, 5.41) is 10.6. The maximum absolute atomic E-state index is 12.0. The highest BCUT2D eigenvalue weighted by Crippen LogP contribution is 2.15. The van der Waals surface area contributed by atoms with E-state index in [1.54, 1.807) is 6.92 Å². The van der Waals surface area contributed by atoms with Crippen LogP contribution in [0.2, 0.25) is 0 Å². The Morgan fingerprint density at radius 1 is 1.52 bits per heavy atom. The molecule has 0 spiro atoms. The summed E-state index contributed by atoms with van der Waals surface area (Å²) in [4.78, 5) is 7.42. The van der Waals surface area contributed by atoms with Crippen molar-refractivity contribution in [3.05, 3.63) is 33.9 Å². The molecule has 0 aliphatic carbocycles. The number of nitrogens with zero attached hydrogens (tertiary/aromatic N) is 1. The summed E-state index contributed by atoms with van der Waals surface area (Å²) >= 11 is 1.43. The average Bonchev–Trinajstić information content (AvgIpc) is 3.06. The third-order valence-corrected chi connectivity index (χ3v) is 4.78. The first-order valence-corrected chi connectivity index (χ1v) is 8.56. The van der Waals surface area contributed by atoms with Gasteiger partial charge in [0.05, 0.1) is 12.8 Å². The van der Waals surface area contributed by atoms with E-state index in [1.807, 2.05) is 11.4 Å². The molecule has 8 heteroatoms. The van der Waals surface area contributed by atoms with Crippen molar-refractivity contribution in [3.63, 3.8) is 0 Å². The van der Waals surface area contributed by atoms with Crippen LogP contribution in [0, 0.1) is 18.8 Å². The van der Waals surface area contributed by atoms with Crippen molar-refractivity contribution in [2.75, 3.05) is 6.61 Å². The molecule has 0 radical (unpaired) electrons. The van der Waals surface area contributed by atoms with E-state index in [0.717, 1.165) is 10.4 Å². The Hall–Kier alpha value is -1.66. The number of sulfonamides is 1. The summed E-state index contributed by atoms with van der Waals surface area (Å²) in [7, 11) is -3.58. The van der Waals surface area contributed by atoms with E-state index in [2.05, 4.69) is 26.5 Å². The van der Waals surface area contributed by atoms with Crippen LogP contribution in [0.5, 0.6) is 0 Å². The van der Waals surface area contributed by atoms with Gasteiger partial charge >= 0.3 is 0 Å². The van der Waals surface area contributed by atoms with Crippen molar-refractivity contribution in [2.24, 2.45) is 0 Å². The molecule has 21 heavy (non-hydrogen) atoms. The van der Waals surface area contributed by atoms with E-state index in [1.165, 1.54) is 17.5 Å². The number of hydrogen-bond acceptors (Lipinski definition) is 5. The van der Waals surface area contributed by atoms with E-state index in [9.17, 15) is 8.42 Å². The topological polar surface area (TPSA) is 95.1 Å². The summed E-state index contributed by atoms with van der Waals surface area (Å²) in [6.45, 7) is 1.93. The first-order chi connectivity index (χ1) is 10.0. The van der Waals surface area contributed by atoms with Gasteiger partial charge in [0.15, 0.2) is 5.03 Å². The Morgan fingerprint density at radius 3 is 3.00 bits per heavy atom. The molecule has 0 atom stereocenters. The van der Waals surface area contributed by atoms with Crippen LogP contribution in [0.15, 0.2) is 22.7 Å². The number of aryl methyl sites for hydroxylation is 1. The fourth-order valence-corrected chi connectivity index (χ4v) is 3.36. The minimum absolute atomic E-state index is 0.0351. The molecular formula is C13H15N3O3S2. The number of H-pyrrole nitrogens is 1. The maximum Gasteiger partial charge on any atom is 0.257 e. The quantitative estimate of drug-likeness (QED) is 0.715. The number of aromatic amines is 1. The highest BCUT2D eigenvalue weighted by atomic mass is 32.2. The van der Waals surface area contributed by atoms with Crippen LogP contribution in [0.4, 0.5) is 0 Å². The Balaban J connectivity index is 1.99. The third-order valence-electron chi connectivity index (χ3n) is 2.53. The molecule has 0 saturated carbocycles. The van der Waals surface area contributed by atoms with Crippen LogP contribution in [0.25, 0.3) is 0 Å². The van der Waals surface area contributed by atoms with Crippen molar-refractivity contribution in [1.29, 1.82) is 0 Å². The second-order valence-corrected chi connectivity index (χ2v) is 6.97. The minimum atomic E-state index is -3.58. The summed E-state index contributed by atoms with van der Waals surface area (Å²) in [5.74, 6) is 6.27. The number of aliphatic hydroxyl groups excluding tert-OH is 1. The Labute approximate surface area is 127 Å². The van der Waals surface area contributed by atoms with Crippen LogP contribution in [-0.4, -0.2) is 30.1 Å². The molecule has 0 saturated heterocycles. The van der Waals surface area contributed by atoms with Gasteiger partial charge in [-0.2, -0.15) is 0 Å². The minimum Gasteiger partial charge on any atom is -0.395 e. The lowest BCUT2D eigenvalue weighted by Crippen LogP contribution is -2.23. The fourth-order valence-electron chi connectivity index (χ4n) is 1.54. The van der Waals surface area contributed by atoms with Gasteiger partial charge in [0.25, 0.3) is 10.0 Å². The first-order valence-electron chi connectivity index (χ1n) is 6.19. The zero-order chi connectivity index (χ0) is 15.3. The standard InChI is InChI=1S/C13H15N3O3S2/c1-10-14-8-13(16-10)21(18,19)15-7-12-6-11(9-20-12)4-2-3-5-17/h6,8-9,15,17H,3,5,7H2,1H3,(H,14,16). The average molecular weight is 325 g/mol. The third kappa shape index (κ3) is 4.41. The van der Waals surface area contributed by atoms with Crippen molar-refractivity contribution in [3.8, 4) is 11.8 Å². The molecule has 2 rings (SSSR count). The lowest BCUT2D eigenvalue weighted by molar-refractivity contribution is 0.305. The predicted molar refractivity (Wildman–Crippen MR) is 80.3 cm³/mol. The summed E-state index contributed by atoms with van der Waals surface area (Å²) in [6, 6.07) is 1.83. The monoisotopic (exact) mass is 325 g/mol. The lowest BCUT2D eigenvalue weighted by Gasteiger charge is -2.02. The molecule has 3 N–H and O–H groups in total. The van der Waals surface area contributed by atoms with Gasteiger partial charge in [-0.05, 0) is 13.0 Å². The molecule has 2 heterocycles. The summed E-state index contributed by atoms with van der Waals surface area (Å²) < 4.78 is 26.5. The van der Waals surface area contributed by atoms with Gasteiger partial charge < -0.3 is 10.1 Å². The van der Waals surface area contributed by atoms with Crippen LogP contribution in [0.1, 0.15) is 22.7 Å². The molecule has 112 valence electrons. The second-order valence-electron chi connectivity index (χ2n) is 4.23. The van der Waals surface area contributed by atoms with Crippen molar-refractivity contribution in [1.82, 2.24) is 14.7 Å². The van der Waals surface area contributed by atoms with Gasteiger partial charge in [-0.15, -0.1) is 11.3 Å². The van der Waals surface area contributed by atoms with Gasteiger partial charge in [-0.1, -0.05) is 11.8 Å². The summed E-state index contributed by atoms with van der Waals surface area (Å²) in [6.07, 6.45) is 1.72. The zero-order valence-corrected chi connectivity index (χ0v) is 13.0. The molecular weight excluding hydrogens is 310 g/mol. The molecule has 0 unspecified atom stereocenters. The van der Waals surface area contributed by atoms with Crippen LogP contribution in [0.3, 0.4) is 0 Å².